The summed E-state index contributed by atoms with van der Waals surface area (Å²) in [7, 11) is 2.54. The smallest absolute Gasteiger partial charge is 0.330 e. The predicted molar refractivity (Wildman–Crippen MR) is 114 cm³/mol. The van der Waals surface area contributed by atoms with Gasteiger partial charge in [-0.1, -0.05) is 66.6 Å². The molecule has 2 aliphatic carbocycles. The Morgan fingerprint density at radius 1 is 0.926 bits per heavy atom. The van der Waals surface area contributed by atoms with Crippen LogP contribution < -0.4 is 0 Å². The molecular weight excluding hydrogens is 346 g/mol. The number of hydrogen-bond acceptors (Lipinski definition) is 1. The summed E-state index contributed by atoms with van der Waals surface area (Å²) >= 11 is 0. The van der Waals surface area contributed by atoms with Crippen molar-refractivity contribution in [3.63, 3.8) is 0 Å². The van der Waals surface area contributed by atoms with Crippen LogP contribution in [0.15, 0.2) is 54.1 Å². The van der Waals surface area contributed by atoms with Crippen molar-refractivity contribution in [3.05, 3.63) is 65.2 Å². The van der Waals surface area contributed by atoms with E-state index in [9.17, 15) is 4.46 Å². The molecule has 4 rings (SSSR count). The Bertz CT molecular complexity index is 879. The van der Waals surface area contributed by atoms with E-state index in [0.717, 1.165) is 0 Å². The third-order valence-corrected chi connectivity index (χ3v) is 9.43. The number of benzene rings is 2. The fourth-order valence-corrected chi connectivity index (χ4v) is 7.26. The van der Waals surface area contributed by atoms with Crippen molar-refractivity contribution >= 4 is 14.9 Å². The van der Waals surface area contributed by atoms with Crippen LogP contribution >= 0.6 is 0 Å². The quantitative estimate of drug-likeness (QED) is 0.624. The van der Waals surface area contributed by atoms with Gasteiger partial charge in [-0.2, -0.15) is 0 Å². The van der Waals surface area contributed by atoms with Crippen LogP contribution in [0.1, 0.15) is 55.7 Å². The first-order valence-electron chi connectivity index (χ1n) is 10.2. The summed E-state index contributed by atoms with van der Waals surface area (Å²) in [6.45, 7) is 2.17. The van der Waals surface area contributed by atoms with Gasteiger partial charge in [0.25, 0.3) is 0 Å². The number of quaternary nitrogens is 1. The third-order valence-electron chi connectivity index (χ3n) is 6.67. The van der Waals surface area contributed by atoms with Gasteiger partial charge in [-0.3, -0.25) is 0 Å². The first kappa shape index (κ1) is 18.5. The molecule has 0 N–H and O–H groups in total. The molecule has 2 aromatic rings. The maximum absolute atomic E-state index is 13.9. The van der Waals surface area contributed by atoms with Crippen molar-refractivity contribution in [2.24, 2.45) is 0 Å². The maximum atomic E-state index is 13.9. The zero-order chi connectivity index (χ0) is 19.0. The van der Waals surface area contributed by atoms with E-state index in [4.69, 9.17) is 0 Å². The van der Waals surface area contributed by atoms with Crippen molar-refractivity contribution in [1.29, 1.82) is 0 Å². The molecule has 2 aliphatic rings. The largest absolute Gasteiger partial charge is 0.565 e. The minimum atomic E-state index is -1.88. The number of fused-ring (bicyclic) bond motifs is 1. The summed E-state index contributed by atoms with van der Waals surface area (Å²) in [6.07, 6.45) is 8.63. The Kier molecular flexibility index (Phi) is 5.00. The van der Waals surface area contributed by atoms with Crippen LogP contribution in [0.5, 0.6) is 0 Å². The van der Waals surface area contributed by atoms with Gasteiger partial charge in [-0.25, -0.2) is 0 Å². The highest BCUT2D eigenvalue weighted by Crippen LogP contribution is 2.42. The van der Waals surface area contributed by atoms with Crippen LogP contribution in [0.2, 0.25) is 0 Å². The molecule has 2 nitrogen and oxygen atoms in total. The van der Waals surface area contributed by atoms with Gasteiger partial charge in [0, 0.05) is 0 Å². The van der Waals surface area contributed by atoms with E-state index in [-0.39, 0.29) is 5.54 Å². The van der Waals surface area contributed by atoms with E-state index < -0.39 is 8.84 Å². The first-order chi connectivity index (χ1) is 13.0. The standard InChI is InChI=1S/C24H30NOSi/c1-18-17-23-21(19-11-6-4-7-12-19)15-10-16-22(23)24(18)27(26)25(2,3)20-13-8-5-9-14-20/h4,6-7,10-12,15-17,20,24H,5,8-9,13-14H2,1-3H3/q+1. The van der Waals surface area contributed by atoms with Gasteiger partial charge in [0.05, 0.1) is 20.1 Å². The molecule has 0 aliphatic heterocycles. The zero-order valence-corrected chi connectivity index (χ0v) is 17.7. The summed E-state index contributed by atoms with van der Waals surface area (Å²) in [5.74, 6) is 0. The minimum absolute atomic E-state index is 0.0746. The average Bonchev–Trinajstić information content (AvgIpc) is 3.04. The Hall–Kier alpha value is -1.84. The zero-order valence-electron chi connectivity index (χ0n) is 16.7. The fraction of sp³-hybridized carbons (Fsp3) is 0.417. The molecule has 2 aromatic carbocycles. The molecule has 0 heterocycles. The number of allylic oxidation sites excluding steroid dienone is 1. The third kappa shape index (κ3) is 3.28. The lowest BCUT2D eigenvalue weighted by Crippen LogP contribution is -2.57. The molecule has 1 fully saturated rings. The van der Waals surface area contributed by atoms with Gasteiger partial charge >= 0.3 is 8.84 Å². The first-order valence-corrected chi connectivity index (χ1v) is 11.7. The Morgan fingerprint density at radius 2 is 1.63 bits per heavy atom. The van der Waals surface area contributed by atoms with Gasteiger partial charge in [0.2, 0.25) is 0 Å². The topological polar surface area (TPSA) is 17.1 Å². The second-order valence-corrected chi connectivity index (χ2v) is 11.1. The molecule has 0 amide bonds. The second kappa shape index (κ2) is 7.29. The van der Waals surface area contributed by atoms with Gasteiger partial charge in [0.15, 0.2) is 0 Å². The van der Waals surface area contributed by atoms with Gasteiger partial charge in [-0.05, 0) is 54.9 Å². The van der Waals surface area contributed by atoms with E-state index in [1.807, 2.05) is 0 Å². The minimum Gasteiger partial charge on any atom is -0.330 e. The number of rotatable bonds is 4. The lowest BCUT2D eigenvalue weighted by molar-refractivity contribution is -0.817. The monoisotopic (exact) mass is 376 g/mol. The number of hydrogen-bond donors (Lipinski definition) is 0. The van der Waals surface area contributed by atoms with Crippen molar-refractivity contribution in [3.8, 4) is 11.1 Å². The molecule has 27 heavy (non-hydrogen) atoms. The highest BCUT2D eigenvalue weighted by Gasteiger charge is 2.47. The lowest BCUT2D eigenvalue weighted by Gasteiger charge is -2.40. The van der Waals surface area contributed by atoms with Crippen molar-refractivity contribution in [2.75, 3.05) is 14.1 Å². The average molecular weight is 377 g/mol. The molecule has 1 atom stereocenters. The van der Waals surface area contributed by atoms with Crippen LogP contribution in [0, 0.1) is 0 Å². The Morgan fingerprint density at radius 3 is 2.33 bits per heavy atom. The summed E-state index contributed by atoms with van der Waals surface area (Å²) in [4.78, 5) is 0. The molecule has 1 unspecified atom stereocenters. The molecule has 140 valence electrons. The van der Waals surface area contributed by atoms with E-state index >= 15 is 0 Å². The van der Waals surface area contributed by atoms with E-state index in [2.05, 4.69) is 75.6 Å². The van der Waals surface area contributed by atoms with Crippen LogP contribution in [0.25, 0.3) is 17.2 Å². The normalized spacial score (nSPS) is 20.3. The van der Waals surface area contributed by atoms with Crippen molar-refractivity contribution in [2.45, 2.75) is 50.6 Å². The van der Waals surface area contributed by atoms with Crippen LogP contribution in [0.4, 0.5) is 0 Å². The van der Waals surface area contributed by atoms with Gasteiger partial charge < -0.3 is 8.61 Å². The van der Waals surface area contributed by atoms with Gasteiger partial charge in [-0.15, -0.1) is 0 Å². The summed E-state index contributed by atoms with van der Waals surface area (Å²) in [5.41, 5.74) is 6.37. The SMILES string of the molecule is CC1=Cc2c(-c3ccccc3)cccc2C1[Si](=O)[N+](C)(C)C1CCCCC1. The Balaban J connectivity index is 1.71. The van der Waals surface area contributed by atoms with E-state index in [1.165, 1.54) is 59.9 Å². The molecule has 0 saturated heterocycles. The molecule has 0 aromatic heterocycles. The van der Waals surface area contributed by atoms with Crippen LogP contribution in [-0.2, 0) is 4.46 Å². The Labute approximate surface area is 164 Å². The van der Waals surface area contributed by atoms with Crippen molar-refractivity contribution < 1.29 is 8.61 Å². The fourth-order valence-electron chi connectivity index (χ4n) is 4.99. The molecule has 0 bridgehead atoms. The molecular formula is C24H30NOSi+. The predicted octanol–water partition coefficient (Wildman–Crippen LogP) is 5.72. The summed E-state index contributed by atoms with van der Waals surface area (Å²) in [6, 6.07) is 17.6. The van der Waals surface area contributed by atoms with Crippen LogP contribution in [0.3, 0.4) is 0 Å². The highest BCUT2D eigenvalue weighted by atomic mass is 28.3. The highest BCUT2D eigenvalue weighted by molar-refractivity contribution is 6.38. The lowest BCUT2D eigenvalue weighted by atomic mass is 9.95. The van der Waals surface area contributed by atoms with E-state index in [0.29, 0.717) is 10.2 Å². The molecule has 1 saturated carbocycles. The summed E-state index contributed by atoms with van der Waals surface area (Å²) in [5, 5.41) is 0. The maximum Gasteiger partial charge on any atom is 0.565 e. The van der Waals surface area contributed by atoms with E-state index in [1.54, 1.807) is 0 Å². The molecule has 0 radical (unpaired) electrons. The summed E-state index contributed by atoms with van der Waals surface area (Å²) < 4.78 is 14.6. The number of nitrogens with zero attached hydrogens (tertiary/aromatic N) is 1. The van der Waals surface area contributed by atoms with Gasteiger partial charge in [0.1, 0.15) is 5.54 Å². The van der Waals surface area contributed by atoms with Crippen molar-refractivity contribution in [1.82, 2.24) is 0 Å². The molecule has 0 spiro atoms. The molecule has 3 heteroatoms. The van der Waals surface area contributed by atoms with Crippen LogP contribution in [-0.4, -0.2) is 33.1 Å². The second-order valence-electron chi connectivity index (χ2n) is 8.67.